The topological polar surface area (TPSA) is 88.8 Å². The van der Waals surface area contributed by atoms with Crippen molar-refractivity contribution in [1.82, 2.24) is 9.97 Å². The van der Waals surface area contributed by atoms with Crippen molar-refractivity contribution in [1.29, 1.82) is 0 Å². The molecular formula is C20H21N3O2S2. The second-order valence-electron chi connectivity index (χ2n) is 6.81. The molecule has 5 nitrogen and oxygen atoms in total. The van der Waals surface area contributed by atoms with E-state index in [2.05, 4.69) is 28.2 Å². The van der Waals surface area contributed by atoms with Gasteiger partial charge < -0.3 is 10.7 Å². The molecule has 0 radical (unpaired) electrons. The van der Waals surface area contributed by atoms with E-state index in [4.69, 9.17) is 5.73 Å². The van der Waals surface area contributed by atoms with Crippen LogP contribution in [0.5, 0.6) is 0 Å². The molecule has 0 saturated heterocycles. The van der Waals surface area contributed by atoms with Gasteiger partial charge in [-0.25, -0.2) is 4.98 Å². The maximum atomic E-state index is 12.7. The molecule has 1 aliphatic carbocycles. The molecule has 1 aliphatic rings. The Morgan fingerprint density at radius 3 is 2.89 bits per heavy atom. The van der Waals surface area contributed by atoms with Crippen LogP contribution in [-0.4, -0.2) is 21.6 Å². The molecule has 27 heavy (non-hydrogen) atoms. The quantitative estimate of drug-likeness (QED) is 0.374. The minimum Gasteiger partial charge on any atom is -0.370 e. The number of primary amides is 1. The van der Waals surface area contributed by atoms with E-state index in [1.807, 2.05) is 5.38 Å². The molecule has 0 spiro atoms. The molecule has 7 heteroatoms. The van der Waals surface area contributed by atoms with Crippen molar-refractivity contribution in [2.24, 2.45) is 5.73 Å². The third kappa shape index (κ3) is 3.94. The number of amides is 1. The zero-order valence-electron chi connectivity index (χ0n) is 14.9. The summed E-state index contributed by atoms with van der Waals surface area (Å²) in [5.74, 6) is 0.390. The number of aryl methyl sites for hydroxylation is 2. The lowest BCUT2D eigenvalue weighted by Gasteiger charge is -2.16. The first-order chi connectivity index (χ1) is 13.1. The maximum Gasteiger partial charge on any atom is 0.260 e. The number of aromatic amines is 1. The Morgan fingerprint density at radius 1 is 1.26 bits per heavy atom. The Balaban J connectivity index is 1.62. The van der Waals surface area contributed by atoms with Gasteiger partial charge in [0.05, 0.1) is 5.39 Å². The van der Waals surface area contributed by atoms with Gasteiger partial charge in [0.15, 0.2) is 5.16 Å². The van der Waals surface area contributed by atoms with E-state index >= 15 is 0 Å². The van der Waals surface area contributed by atoms with Gasteiger partial charge in [-0.15, -0.1) is 11.3 Å². The molecule has 1 amide bonds. The average molecular weight is 400 g/mol. The number of nitrogens with one attached hydrogen (secondary N) is 1. The fraction of sp³-hybridized carbons (Fsp3) is 0.350. The van der Waals surface area contributed by atoms with Crippen LogP contribution in [0.2, 0.25) is 0 Å². The average Bonchev–Trinajstić information content (AvgIpc) is 3.09. The lowest BCUT2D eigenvalue weighted by atomic mass is 9.89. The smallest absolute Gasteiger partial charge is 0.260 e. The van der Waals surface area contributed by atoms with Crippen LogP contribution in [-0.2, 0) is 17.6 Å². The third-order valence-corrected chi connectivity index (χ3v) is 6.72. The van der Waals surface area contributed by atoms with E-state index in [-0.39, 0.29) is 11.5 Å². The summed E-state index contributed by atoms with van der Waals surface area (Å²) in [6.45, 7) is 0. The summed E-state index contributed by atoms with van der Waals surface area (Å²) < 4.78 is 0. The highest BCUT2D eigenvalue weighted by molar-refractivity contribution is 7.99. The summed E-state index contributed by atoms with van der Waals surface area (Å²) in [7, 11) is 0. The summed E-state index contributed by atoms with van der Waals surface area (Å²) in [6.07, 6.45) is 5.79. The third-order valence-electron chi connectivity index (χ3n) is 4.89. The van der Waals surface area contributed by atoms with Gasteiger partial charge in [-0.2, -0.15) is 0 Å². The van der Waals surface area contributed by atoms with Crippen LogP contribution in [0.1, 0.15) is 36.8 Å². The lowest BCUT2D eigenvalue weighted by Crippen LogP contribution is -2.11. The Labute approximate surface area is 165 Å². The summed E-state index contributed by atoms with van der Waals surface area (Å²) in [5.41, 5.74) is 9.94. The van der Waals surface area contributed by atoms with Crippen LogP contribution in [0.25, 0.3) is 21.3 Å². The van der Waals surface area contributed by atoms with Crippen LogP contribution >= 0.6 is 23.1 Å². The van der Waals surface area contributed by atoms with Crippen molar-refractivity contribution in [3.8, 4) is 11.1 Å². The number of thioether (sulfide) groups is 1. The SMILES string of the molecule is NC(=O)CCCSc1nc2scc(-c3ccc4c(c3)CCCC4)c2c(=O)[nH]1. The minimum atomic E-state index is -0.305. The highest BCUT2D eigenvalue weighted by Gasteiger charge is 2.16. The molecule has 0 aliphatic heterocycles. The first-order valence-corrected chi connectivity index (χ1v) is 11.0. The monoisotopic (exact) mass is 399 g/mol. The molecule has 4 rings (SSSR count). The van der Waals surface area contributed by atoms with E-state index in [1.54, 1.807) is 0 Å². The first-order valence-electron chi connectivity index (χ1n) is 9.16. The molecular weight excluding hydrogens is 378 g/mol. The van der Waals surface area contributed by atoms with Crippen molar-refractivity contribution < 1.29 is 4.79 Å². The zero-order chi connectivity index (χ0) is 18.8. The number of carbonyl (C=O) groups is 1. The van der Waals surface area contributed by atoms with E-state index in [9.17, 15) is 9.59 Å². The zero-order valence-corrected chi connectivity index (χ0v) is 16.5. The van der Waals surface area contributed by atoms with Crippen molar-refractivity contribution >= 4 is 39.2 Å². The number of fused-ring (bicyclic) bond motifs is 2. The predicted molar refractivity (Wildman–Crippen MR) is 111 cm³/mol. The highest BCUT2D eigenvalue weighted by atomic mass is 32.2. The Morgan fingerprint density at radius 2 is 2.07 bits per heavy atom. The van der Waals surface area contributed by atoms with Crippen LogP contribution < -0.4 is 11.3 Å². The van der Waals surface area contributed by atoms with E-state index in [0.29, 0.717) is 29.1 Å². The standard InChI is InChI=1S/C20H21N3O2S2/c21-16(24)6-3-9-26-20-22-18(25)17-15(11-27-19(17)23-20)14-8-7-12-4-1-2-5-13(12)10-14/h7-8,10-11H,1-6,9H2,(H2,21,24)(H,22,23,25). The summed E-state index contributed by atoms with van der Waals surface area (Å²) in [5, 5.41) is 3.28. The van der Waals surface area contributed by atoms with E-state index in [1.165, 1.54) is 47.1 Å². The molecule has 0 fully saturated rings. The van der Waals surface area contributed by atoms with E-state index in [0.717, 1.165) is 28.8 Å². The largest absolute Gasteiger partial charge is 0.370 e. The van der Waals surface area contributed by atoms with Crippen LogP contribution in [0.15, 0.2) is 33.5 Å². The second-order valence-corrected chi connectivity index (χ2v) is 8.75. The molecule has 0 atom stereocenters. The fourth-order valence-corrected chi connectivity index (χ4v) is 5.33. The number of carbonyl (C=O) groups excluding carboxylic acids is 1. The van der Waals surface area contributed by atoms with Gasteiger partial charge in [-0.3, -0.25) is 9.59 Å². The Kier molecular flexibility index (Phi) is 5.31. The fourth-order valence-electron chi connectivity index (χ4n) is 3.53. The molecule has 140 valence electrons. The van der Waals surface area contributed by atoms with Crippen molar-refractivity contribution in [2.45, 2.75) is 43.7 Å². The van der Waals surface area contributed by atoms with Gasteiger partial charge in [0.25, 0.3) is 5.56 Å². The molecule has 0 saturated carbocycles. The number of nitrogens with two attached hydrogens (primary N) is 1. The van der Waals surface area contributed by atoms with Gasteiger partial charge in [0.2, 0.25) is 5.91 Å². The van der Waals surface area contributed by atoms with Gasteiger partial charge in [0, 0.05) is 23.1 Å². The number of hydrogen-bond acceptors (Lipinski definition) is 5. The number of benzene rings is 1. The van der Waals surface area contributed by atoms with Gasteiger partial charge >= 0.3 is 0 Å². The lowest BCUT2D eigenvalue weighted by molar-refractivity contribution is -0.118. The minimum absolute atomic E-state index is 0.105. The second kappa shape index (κ2) is 7.86. The molecule has 0 bridgehead atoms. The number of aromatic nitrogens is 2. The summed E-state index contributed by atoms with van der Waals surface area (Å²) in [6, 6.07) is 6.57. The maximum absolute atomic E-state index is 12.7. The molecule has 3 aromatic rings. The number of hydrogen-bond donors (Lipinski definition) is 2. The normalized spacial score (nSPS) is 13.6. The number of H-pyrrole nitrogens is 1. The molecule has 0 unspecified atom stereocenters. The van der Waals surface area contributed by atoms with Gasteiger partial charge in [-0.05, 0) is 48.8 Å². The number of thiophene rings is 1. The molecule has 2 heterocycles. The highest BCUT2D eigenvalue weighted by Crippen LogP contribution is 2.34. The van der Waals surface area contributed by atoms with Gasteiger partial charge in [0.1, 0.15) is 4.83 Å². The van der Waals surface area contributed by atoms with E-state index < -0.39 is 0 Å². The Hall–Kier alpha value is -2.12. The summed E-state index contributed by atoms with van der Waals surface area (Å²) >= 11 is 2.95. The molecule has 1 aromatic carbocycles. The molecule has 2 aromatic heterocycles. The van der Waals surface area contributed by atoms with Crippen LogP contribution in [0.3, 0.4) is 0 Å². The van der Waals surface area contributed by atoms with Crippen LogP contribution in [0, 0.1) is 0 Å². The number of rotatable bonds is 6. The Bertz CT molecular complexity index is 1060. The molecule has 3 N–H and O–H groups in total. The number of nitrogens with zero attached hydrogens (tertiary/aromatic N) is 1. The van der Waals surface area contributed by atoms with Gasteiger partial charge in [-0.1, -0.05) is 30.0 Å². The summed E-state index contributed by atoms with van der Waals surface area (Å²) in [4.78, 5) is 31.7. The first kappa shape index (κ1) is 18.3. The van der Waals surface area contributed by atoms with Crippen LogP contribution in [0.4, 0.5) is 0 Å². The predicted octanol–water partition coefficient (Wildman–Crippen LogP) is 3.89. The van der Waals surface area contributed by atoms with Crippen molar-refractivity contribution in [3.63, 3.8) is 0 Å². The van der Waals surface area contributed by atoms with Crippen molar-refractivity contribution in [3.05, 3.63) is 45.1 Å². The van der Waals surface area contributed by atoms with Crippen molar-refractivity contribution in [2.75, 3.05) is 5.75 Å².